The molecule has 1 fully saturated rings. The number of ether oxygens (including phenoxy) is 1. The summed E-state index contributed by atoms with van der Waals surface area (Å²) in [6.45, 7) is 1.19. The highest BCUT2D eigenvalue weighted by Gasteiger charge is 2.26. The van der Waals surface area contributed by atoms with Crippen molar-refractivity contribution in [3.8, 4) is 0 Å². The number of amides is 1. The molecule has 1 saturated heterocycles. The van der Waals surface area contributed by atoms with Gasteiger partial charge >= 0.3 is 0 Å². The van der Waals surface area contributed by atoms with E-state index in [0.29, 0.717) is 17.6 Å². The first kappa shape index (κ1) is 15.6. The number of hydrogen-bond acceptors (Lipinski definition) is 6. The summed E-state index contributed by atoms with van der Waals surface area (Å²) >= 11 is 0. The quantitative estimate of drug-likeness (QED) is 0.727. The van der Waals surface area contributed by atoms with Crippen molar-refractivity contribution in [3.05, 3.63) is 54.6 Å². The molecule has 2 aromatic heterocycles. The van der Waals surface area contributed by atoms with Crippen molar-refractivity contribution in [1.82, 2.24) is 20.2 Å². The van der Waals surface area contributed by atoms with Crippen LogP contribution in [0.1, 0.15) is 23.5 Å². The summed E-state index contributed by atoms with van der Waals surface area (Å²) < 4.78 is 5.70. The molecule has 0 spiro atoms. The molecule has 1 atom stereocenters. The Morgan fingerprint density at radius 3 is 2.68 bits per heavy atom. The minimum Gasteiger partial charge on any atom is -0.376 e. The molecule has 126 valence electrons. The Kier molecular flexibility index (Phi) is 4.30. The van der Waals surface area contributed by atoms with E-state index in [2.05, 4.69) is 20.2 Å². The average molecular weight is 335 g/mol. The van der Waals surface area contributed by atoms with Gasteiger partial charge in [-0.25, -0.2) is 4.98 Å². The fourth-order valence-corrected chi connectivity index (χ4v) is 2.91. The minimum atomic E-state index is -0.292. The number of aromatic nitrogens is 4. The van der Waals surface area contributed by atoms with Gasteiger partial charge in [0.05, 0.1) is 18.2 Å². The maximum Gasteiger partial charge on any atom is 0.298 e. The first-order valence-corrected chi connectivity index (χ1v) is 8.24. The monoisotopic (exact) mass is 335 g/mol. The van der Waals surface area contributed by atoms with Gasteiger partial charge in [0.25, 0.3) is 5.91 Å². The Labute approximate surface area is 144 Å². The number of pyridine rings is 1. The molecule has 7 heteroatoms. The van der Waals surface area contributed by atoms with Crippen LogP contribution in [0.3, 0.4) is 0 Å². The molecule has 0 radical (unpaired) electrons. The number of fused-ring (bicyclic) bond motifs is 1. The van der Waals surface area contributed by atoms with E-state index in [1.165, 1.54) is 0 Å². The van der Waals surface area contributed by atoms with Gasteiger partial charge in [-0.15, -0.1) is 10.2 Å². The second-order valence-electron chi connectivity index (χ2n) is 5.88. The van der Waals surface area contributed by atoms with Crippen molar-refractivity contribution in [2.45, 2.75) is 18.9 Å². The van der Waals surface area contributed by atoms with E-state index in [0.717, 1.165) is 25.1 Å². The molecule has 0 saturated carbocycles. The van der Waals surface area contributed by atoms with Gasteiger partial charge in [-0.1, -0.05) is 12.1 Å². The second-order valence-corrected chi connectivity index (χ2v) is 5.88. The zero-order chi connectivity index (χ0) is 17.1. The predicted molar refractivity (Wildman–Crippen MR) is 92.2 cm³/mol. The van der Waals surface area contributed by atoms with Gasteiger partial charge in [-0.05, 0) is 37.1 Å². The predicted octanol–water partition coefficient (Wildman–Crippen LogP) is 2.25. The average Bonchev–Trinajstić information content (AvgIpc) is 3.19. The third-order valence-corrected chi connectivity index (χ3v) is 4.18. The van der Waals surface area contributed by atoms with Crippen LogP contribution in [0.2, 0.25) is 0 Å². The summed E-state index contributed by atoms with van der Waals surface area (Å²) in [5, 5.41) is 8.13. The molecule has 1 unspecified atom stereocenters. The molecule has 0 aliphatic carbocycles. The third-order valence-electron chi connectivity index (χ3n) is 4.18. The summed E-state index contributed by atoms with van der Waals surface area (Å²) in [5.41, 5.74) is 2.05. The molecule has 7 nitrogen and oxygen atoms in total. The number of rotatable bonds is 4. The van der Waals surface area contributed by atoms with E-state index in [9.17, 15) is 4.79 Å². The second kappa shape index (κ2) is 6.90. The van der Waals surface area contributed by atoms with E-state index in [-0.39, 0.29) is 17.8 Å². The highest BCUT2D eigenvalue weighted by atomic mass is 16.5. The molecular weight excluding hydrogens is 318 g/mol. The molecule has 0 bridgehead atoms. The van der Waals surface area contributed by atoms with Crippen molar-refractivity contribution >= 4 is 22.6 Å². The van der Waals surface area contributed by atoms with Crippen LogP contribution in [-0.2, 0) is 4.74 Å². The van der Waals surface area contributed by atoms with Crippen molar-refractivity contribution in [3.63, 3.8) is 0 Å². The lowest BCUT2D eigenvalue weighted by molar-refractivity contribution is 0.0908. The maximum atomic E-state index is 13.1. The van der Waals surface area contributed by atoms with E-state index in [1.807, 2.05) is 24.3 Å². The fraction of sp³-hybridized carbons (Fsp3) is 0.278. The number of hydrogen-bond donors (Lipinski definition) is 0. The maximum absolute atomic E-state index is 13.1. The van der Waals surface area contributed by atoms with Gasteiger partial charge in [0, 0.05) is 24.7 Å². The number of anilines is 1. The van der Waals surface area contributed by atoms with E-state index < -0.39 is 0 Å². The van der Waals surface area contributed by atoms with Crippen LogP contribution >= 0.6 is 0 Å². The number of nitrogens with zero attached hydrogens (tertiary/aromatic N) is 5. The van der Waals surface area contributed by atoms with Crippen LogP contribution in [0.5, 0.6) is 0 Å². The highest BCUT2D eigenvalue weighted by molar-refractivity contribution is 6.04. The molecule has 1 aliphatic rings. The molecule has 25 heavy (non-hydrogen) atoms. The first-order valence-electron chi connectivity index (χ1n) is 8.24. The third kappa shape index (κ3) is 3.32. The fourth-order valence-electron chi connectivity index (χ4n) is 2.91. The number of carbonyl (C=O) groups is 1. The van der Waals surface area contributed by atoms with Crippen LogP contribution in [0.15, 0.2) is 48.8 Å². The van der Waals surface area contributed by atoms with E-state index in [1.54, 1.807) is 29.4 Å². The SMILES string of the molecule is O=C(c1nnc2ccccc2n1)N(CC1CCCO1)c1ccncc1. The summed E-state index contributed by atoms with van der Waals surface area (Å²) in [6, 6.07) is 10.9. The Bertz CT molecular complexity index is 881. The van der Waals surface area contributed by atoms with Crippen molar-refractivity contribution in [2.24, 2.45) is 0 Å². The normalized spacial score (nSPS) is 16.9. The Hall–Kier alpha value is -2.93. The largest absolute Gasteiger partial charge is 0.376 e. The van der Waals surface area contributed by atoms with E-state index >= 15 is 0 Å². The van der Waals surface area contributed by atoms with Crippen LogP contribution in [0, 0.1) is 0 Å². The molecule has 1 amide bonds. The number of para-hydroxylation sites is 1. The number of benzene rings is 1. The van der Waals surface area contributed by atoms with Crippen LogP contribution in [0.25, 0.3) is 11.0 Å². The van der Waals surface area contributed by atoms with Gasteiger partial charge in [0.2, 0.25) is 5.82 Å². The van der Waals surface area contributed by atoms with Crippen molar-refractivity contribution in [1.29, 1.82) is 0 Å². The number of carbonyl (C=O) groups excluding carboxylic acids is 1. The highest BCUT2D eigenvalue weighted by Crippen LogP contribution is 2.20. The van der Waals surface area contributed by atoms with Gasteiger partial charge in [0.15, 0.2) is 0 Å². The van der Waals surface area contributed by atoms with Gasteiger partial charge < -0.3 is 9.64 Å². The lowest BCUT2D eigenvalue weighted by Crippen LogP contribution is -2.38. The lowest BCUT2D eigenvalue weighted by atomic mass is 10.2. The summed E-state index contributed by atoms with van der Waals surface area (Å²) in [7, 11) is 0. The van der Waals surface area contributed by atoms with E-state index in [4.69, 9.17) is 4.74 Å². The molecule has 1 aliphatic heterocycles. The Morgan fingerprint density at radius 2 is 1.92 bits per heavy atom. The van der Waals surface area contributed by atoms with Gasteiger partial charge in [-0.3, -0.25) is 9.78 Å². The van der Waals surface area contributed by atoms with Crippen molar-refractivity contribution < 1.29 is 9.53 Å². The Morgan fingerprint density at radius 1 is 1.12 bits per heavy atom. The molecule has 4 rings (SSSR count). The van der Waals surface area contributed by atoms with Crippen LogP contribution < -0.4 is 4.90 Å². The molecular formula is C18H17N5O2. The van der Waals surface area contributed by atoms with Gasteiger partial charge in [0.1, 0.15) is 5.52 Å². The lowest BCUT2D eigenvalue weighted by Gasteiger charge is -2.24. The summed E-state index contributed by atoms with van der Waals surface area (Å²) in [4.78, 5) is 23.1. The van der Waals surface area contributed by atoms with Gasteiger partial charge in [-0.2, -0.15) is 0 Å². The first-order chi connectivity index (χ1) is 12.3. The zero-order valence-electron chi connectivity index (χ0n) is 13.6. The molecule has 0 N–H and O–H groups in total. The molecule has 1 aromatic carbocycles. The van der Waals surface area contributed by atoms with Crippen molar-refractivity contribution in [2.75, 3.05) is 18.1 Å². The topological polar surface area (TPSA) is 81.1 Å². The molecule has 3 heterocycles. The van der Waals surface area contributed by atoms with Crippen LogP contribution in [0.4, 0.5) is 5.69 Å². The smallest absolute Gasteiger partial charge is 0.298 e. The standard InChI is InChI=1S/C18H17N5O2/c24-18(17-20-15-5-1-2-6-16(15)21-22-17)23(12-14-4-3-11-25-14)13-7-9-19-10-8-13/h1-2,5-10,14H,3-4,11-12H2. The summed E-state index contributed by atoms with van der Waals surface area (Å²) in [5.74, 6) is -0.214. The zero-order valence-corrected chi connectivity index (χ0v) is 13.6. The minimum absolute atomic E-state index is 0.0190. The summed E-state index contributed by atoms with van der Waals surface area (Å²) in [6.07, 6.45) is 5.28. The Balaban J connectivity index is 1.67. The molecule has 3 aromatic rings. The van der Waals surface area contributed by atoms with Crippen LogP contribution in [-0.4, -0.2) is 45.3 Å².